The lowest BCUT2D eigenvalue weighted by Gasteiger charge is -2.05. The molecule has 0 atom stereocenters. The van der Waals surface area contributed by atoms with Gasteiger partial charge in [0.15, 0.2) is 0 Å². The summed E-state index contributed by atoms with van der Waals surface area (Å²) in [5, 5.41) is 0.544. The molecule has 0 unspecified atom stereocenters. The Labute approximate surface area is 136 Å². The number of benzene rings is 2. The van der Waals surface area contributed by atoms with Gasteiger partial charge in [-0.2, -0.15) is 0 Å². The molecule has 0 fully saturated rings. The van der Waals surface area contributed by atoms with E-state index in [1.807, 2.05) is 25.1 Å². The third kappa shape index (κ3) is 3.40. The quantitative estimate of drug-likeness (QED) is 0.701. The predicted octanol–water partition coefficient (Wildman–Crippen LogP) is 3.59. The minimum atomic E-state index is -0.385. The molecule has 23 heavy (non-hydrogen) atoms. The molecular weight excluding hydrogens is 317 g/mol. The Balaban J connectivity index is 1.73. The summed E-state index contributed by atoms with van der Waals surface area (Å²) in [5.74, 6) is -0.0439. The third-order valence-corrected chi connectivity index (χ3v) is 4.01. The summed E-state index contributed by atoms with van der Waals surface area (Å²) < 4.78 is 19.3. The maximum absolute atomic E-state index is 12.9. The highest BCUT2D eigenvalue weighted by molar-refractivity contribution is 7.22. The lowest BCUT2D eigenvalue weighted by Crippen LogP contribution is -2.29. The number of hydrogen-bond donors (Lipinski definition) is 2. The number of hydrogen-bond acceptors (Lipinski definition) is 5. The van der Waals surface area contributed by atoms with Crippen molar-refractivity contribution in [3.8, 4) is 5.75 Å². The van der Waals surface area contributed by atoms with Crippen LogP contribution in [0.25, 0.3) is 10.2 Å². The normalized spacial score (nSPS) is 10.5. The van der Waals surface area contributed by atoms with Gasteiger partial charge in [0.25, 0.3) is 5.91 Å². The lowest BCUT2D eigenvalue weighted by atomic mass is 10.2. The molecule has 7 heteroatoms. The number of anilines is 1. The van der Waals surface area contributed by atoms with E-state index in [9.17, 15) is 9.18 Å². The maximum atomic E-state index is 12.9. The Kier molecular flexibility index (Phi) is 4.38. The summed E-state index contributed by atoms with van der Waals surface area (Å²) in [7, 11) is 0. The van der Waals surface area contributed by atoms with E-state index in [2.05, 4.69) is 15.8 Å². The molecule has 0 radical (unpaired) electrons. The first-order valence-corrected chi connectivity index (χ1v) is 7.83. The fourth-order valence-corrected chi connectivity index (χ4v) is 2.87. The van der Waals surface area contributed by atoms with Gasteiger partial charge >= 0.3 is 0 Å². The Bertz CT molecular complexity index is 833. The number of thiazole rings is 1. The van der Waals surface area contributed by atoms with Crippen molar-refractivity contribution in [2.24, 2.45) is 0 Å². The molecule has 1 amide bonds. The number of nitrogens with zero attached hydrogens (tertiary/aromatic N) is 1. The number of halogens is 1. The number of hydrazine groups is 1. The van der Waals surface area contributed by atoms with Gasteiger partial charge in [-0.1, -0.05) is 17.4 Å². The Morgan fingerprint density at radius 3 is 2.78 bits per heavy atom. The fourth-order valence-electron chi connectivity index (χ4n) is 2.03. The zero-order valence-corrected chi connectivity index (χ0v) is 13.1. The van der Waals surface area contributed by atoms with E-state index in [4.69, 9.17) is 4.74 Å². The van der Waals surface area contributed by atoms with Crippen LogP contribution in [0.3, 0.4) is 0 Å². The van der Waals surface area contributed by atoms with Crippen LogP contribution in [0.5, 0.6) is 5.75 Å². The molecular formula is C16H14FN3O2S. The largest absolute Gasteiger partial charge is 0.492 e. The van der Waals surface area contributed by atoms with Gasteiger partial charge in [-0.3, -0.25) is 15.6 Å². The van der Waals surface area contributed by atoms with E-state index in [-0.39, 0.29) is 11.7 Å². The standard InChI is InChI=1S/C16H14FN3O2S/c1-2-22-12-4-3-5-13-14(12)18-16(23-13)20-19-15(21)10-6-8-11(17)9-7-10/h3-9H,2H2,1H3,(H,18,20)(H,19,21). The predicted molar refractivity (Wildman–Crippen MR) is 88.3 cm³/mol. The monoisotopic (exact) mass is 331 g/mol. The summed E-state index contributed by atoms with van der Waals surface area (Å²) in [6.07, 6.45) is 0. The fraction of sp³-hybridized carbons (Fsp3) is 0.125. The number of nitrogens with one attached hydrogen (secondary N) is 2. The van der Waals surface area contributed by atoms with E-state index < -0.39 is 0 Å². The van der Waals surface area contributed by atoms with Crippen LogP contribution < -0.4 is 15.6 Å². The van der Waals surface area contributed by atoms with Gasteiger partial charge in [-0.15, -0.1) is 0 Å². The van der Waals surface area contributed by atoms with Crippen molar-refractivity contribution < 1.29 is 13.9 Å². The van der Waals surface area contributed by atoms with Gasteiger partial charge in [0, 0.05) is 5.56 Å². The van der Waals surface area contributed by atoms with Gasteiger partial charge in [-0.05, 0) is 43.3 Å². The van der Waals surface area contributed by atoms with Crippen LogP contribution in [0.4, 0.5) is 9.52 Å². The first kappa shape index (κ1) is 15.2. The molecule has 0 saturated heterocycles. The summed E-state index contributed by atoms with van der Waals surface area (Å²) in [5.41, 5.74) is 6.42. The molecule has 2 aromatic carbocycles. The van der Waals surface area contributed by atoms with E-state index in [0.29, 0.717) is 23.1 Å². The second-order valence-electron chi connectivity index (χ2n) is 4.64. The third-order valence-electron chi connectivity index (χ3n) is 3.07. The molecule has 0 aliphatic heterocycles. The molecule has 0 bridgehead atoms. The van der Waals surface area contributed by atoms with Crippen LogP contribution in [0.2, 0.25) is 0 Å². The van der Waals surface area contributed by atoms with E-state index in [1.54, 1.807) is 0 Å². The zero-order valence-electron chi connectivity index (χ0n) is 12.3. The average Bonchev–Trinajstić information content (AvgIpc) is 2.98. The van der Waals surface area contributed by atoms with Crippen molar-refractivity contribution in [1.82, 2.24) is 10.4 Å². The van der Waals surface area contributed by atoms with E-state index in [0.717, 1.165) is 10.2 Å². The summed E-state index contributed by atoms with van der Waals surface area (Å²) in [6.45, 7) is 2.47. The van der Waals surface area contributed by atoms with Crippen molar-refractivity contribution >= 4 is 32.6 Å². The first-order chi connectivity index (χ1) is 11.2. The molecule has 0 aliphatic rings. The number of fused-ring (bicyclic) bond motifs is 1. The Morgan fingerprint density at radius 1 is 1.26 bits per heavy atom. The van der Waals surface area contributed by atoms with Crippen LogP contribution in [-0.2, 0) is 0 Å². The smallest absolute Gasteiger partial charge is 0.269 e. The maximum Gasteiger partial charge on any atom is 0.269 e. The molecule has 5 nitrogen and oxygen atoms in total. The molecule has 3 rings (SSSR count). The van der Waals surface area contributed by atoms with Crippen LogP contribution in [0.15, 0.2) is 42.5 Å². The molecule has 0 aliphatic carbocycles. The molecule has 118 valence electrons. The van der Waals surface area contributed by atoms with Gasteiger partial charge in [0.2, 0.25) is 5.13 Å². The average molecular weight is 331 g/mol. The van der Waals surface area contributed by atoms with Gasteiger partial charge < -0.3 is 4.74 Å². The number of amides is 1. The van der Waals surface area contributed by atoms with Crippen molar-refractivity contribution in [3.63, 3.8) is 0 Å². The molecule has 1 aromatic heterocycles. The highest BCUT2D eigenvalue weighted by Gasteiger charge is 2.10. The number of para-hydroxylation sites is 1. The SMILES string of the molecule is CCOc1cccc2sc(NNC(=O)c3ccc(F)cc3)nc12. The van der Waals surface area contributed by atoms with E-state index in [1.165, 1.54) is 35.6 Å². The van der Waals surface area contributed by atoms with Crippen LogP contribution in [0, 0.1) is 5.82 Å². The number of aromatic nitrogens is 1. The Hall–Kier alpha value is -2.67. The number of rotatable bonds is 5. The summed E-state index contributed by atoms with van der Waals surface area (Å²) in [4.78, 5) is 16.4. The van der Waals surface area contributed by atoms with Gasteiger partial charge in [0.1, 0.15) is 17.1 Å². The molecule has 0 spiro atoms. The second kappa shape index (κ2) is 6.62. The highest BCUT2D eigenvalue weighted by atomic mass is 32.1. The van der Waals surface area contributed by atoms with E-state index >= 15 is 0 Å². The molecule has 3 aromatic rings. The van der Waals surface area contributed by atoms with Crippen LogP contribution in [0.1, 0.15) is 17.3 Å². The topological polar surface area (TPSA) is 63.2 Å². The second-order valence-corrected chi connectivity index (χ2v) is 5.67. The number of carbonyl (C=O) groups excluding carboxylic acids is 1. The molecule has 0 saturated carbocycles. The molecule has 1 heterocycles. The zero-order chi connectivity index (χ0) is 16.2. The lowest BCUT2D eigenvalue weighted by molar-refractivity contribution is 0.0962. The summed E-state index contributed by atoms with van der Waals surface area (Å²) >= 11 is 1.40. The minimum Gasteiger partial charge on any atom is -0.492 e. The van der Waals surface area contributed by atoms with Crippen molar-refractivity contribution in [2.45, 2.75) is 6.92 Å². The number of carbonyl (C=O) groups is 1. The van der Waals surface area contributed by atoms with Crippen LogP contribution in [-0.4, -0.2) is 17.5 Å². The van der Waals surface area contributed by atoms with Crippen molar-refractivity contribution in [1.29, 1.82) is 0 Å². The highest BCUT2D eigenvalue weighted by Crippen LogP contribution is 2.31. The minimum absolute atomic E-state index is 0.356. The van der Waals surface area contributed by atoms with Crippen molar-refractivity contribution in [2.75, 3.05) is 12.0 Å². The Morgan fingerprint density at radius 2 is 2.04 bits per heavy atom. The molecule has 2 N–H and O–H groups in total. The van der Waals surface area contributed by atoms with Crippen LogP contribution >= 0.6 is 11.3 Å². The van der Waals surface area contributed by atoms with Crippen molar-refractivity contribution in [3.05, 3.63) is 53.8 Å². The number of ether oxygens (including phenoxy) is 1. The van der Waals surface area contributed by atoms with Gasteiger partial charge in [-0.25, -0.2) is 9.37 Å². The first-order valence-electron chi connectivity index (χ1n) is 7.01. The van der Waals surface area contributed by atoms with Gasteiger partial charge in [0.05, 0.1) is 11.3 Å². The summed E-state index contributed by atoms with van der Waals surface area (Å²) in [6, 6.07) is 11.0.